The van der Waals surface area contributed by atoms with Crippen LogP contribution >= 0.6 is 0 Å². The predicted octanol–water partition coefficient (Wildman–Crippen LogP) is -0.440. The Hall–Kier alpha value is -0.900. The van der Waals surface area contributed by atoms with Crippen molar-refractivity contribution in [3.05, 3.63) is 0 Å². The lowest BCUT2D eigenvalue weighted by Gasteiger charge is -2.34. The van der Waals surface area contributed by atoms with Gasteiger partial charge in [0.25, 0.3) is 0 Å². The summed E-state index contributed by atoms with van der Waals surface area (Å²) in [6, 6.07) is -0.0793. The molecule has 8 nitrogen and oxygen atoms in total. The van der Waals surface area contributed by atoms with Crippen LogP contribution in [0.1, 0.15) is 26.7 Å². The van der Waals surface area contributed by atoms with Crippen molar-refractivity contribution >= 4 is 16.1 Å². The maximum atomic E-state index is 12.2. The number of amides is 2. The Bertz CT molecular complexity index is 515. The first-order valence-corrected chi connectivity index (χ1v) is 9.80. The number of sulfonamides is 1. The lowest BCUT2D eigenvalue weighted by Crippen LogP contribution is -2.53. The number of urea groups is 1. The standard InChI is InChI=1S/C14H28N4O4S/c1-14(2)4-3-12(22-14)11-16-13(19)18-7-5-17(6-8-18)9-10-23(15,20)21/h12H,3-11H2,1-2H3,(H,16,19)(H2,15,20,21)/t12-/m0/s1. The van der Waals surface area contributed by atoms with E-state index in [1.54, 1.807) is 4.90 Å². The zero-order valence-electron chi connectivity index (χ0n) is 14.0. The van der Waals surface area contributed by atoms with Crippen molar-refractivity contribution in [1.82, 2.24) is 15.1 Å². The Morgan fingerprint density at radius 2 is 1.96 bits per heavy atom. The molecule has 1 atom stereocenters. The maximum Gasteiger partial charge on any atom is 0.317 e. The van der Waals surface area contributed by atoms with Crippen LogP contribution in [0.2, 0.25) is 0 Å². The number of nitrogens with zero attached hydrogens (tertiary/aromatic N) is 2. The van der Waals surface area contributed by atoms with Crippen LogP contribution in [0.3, 0.4) is 0 Å². The SMILES string of the molecule is CC1(C)CC[C@@H](CNC(=O)N2CCN(CCS(N)(=O)=O)CC2)O1. The number of nitrogens with one attached hydrogen (secondary N) is 1. The average molecular weight is 348 g/mol. The van der Waals surface area contributed by atoms with Gasteiger partial charge in [-0.1, -0.05) is 0 Å². The molecule has 0 aromatic heterocycles. The van der Waals surface area contributed by atoms with E-state index in [4.69, 9.17) is 9.88 Å². The molecule has 2 aliphatic rings. The third-order valence-electron chi connectivity index (χ3n) is 4.39. The van der Waals surface area contributed by atoms with E-state index in [0.29, 0.717) is 39.3 Å². The third kappa shape index (κ3) is 6.25. The molecule has 0 aromatic rings. The first kappa shape index (κ1) is 18.4. The Kier molecular flexibility index (Phi) is 5.88. The van der Waals surface area contributed by atoms with Crippen molar-refractivity contribution in [2.24, 2.45) is 5.14 Å². The summed E-state index contributed by atoms with van der Waals surface area (Å²) in [5, 5.41) is 7.94. The second kappa shape index (κ2) is 7.33. The Labute approximate surface area is 138 Å². The molecule has 9 heteroatoms. The van der Waals surface area contributed by atoms with Crippen LogP contribution in [-0.2, 0) is 14.8 Å². The molecule has 2 aliphatic heterocycles. The Balaban J connectivity index is 1.66. The molecule has 2 rings (SSSR count). The zero-order valence-corrected chi connectivity index (χ0v) is 14.8. The highest BCUT2D eigenvalue weighted by molar-refractivity contribution is 7.89. The smallest absolute Gasteiger partial charge is 0.317 e. The van der Waals surface area contributed by atoms with Crippen LogP contribution in [-0.4, -0.2) is 81.0 Å². The van der Waals surface area contributed by atoms with Crippen LogP contribution in [0.15, 0.2) is 0 Å². The molecule has 0 unspecified atom stereocenters. The minimum absolute atomic E-state index is 0.0476. The number of hydrogen-bond donors (Lipinski definition) is 2. The number of nitrogens with two attached hydrogens (primary N) is 1. The first-order chi connectivity index (χ1) is 10.6. The van der Waals surface area contributed by atoms with Gasteiger partial charge in [-0.05, 0) is 26.7 Å². The summed E-state index contributed by atoms with van der Waals surface area (Å²) < 4.78 is 27.8. The molecule has 23 heavy (non-hydrogen) atoms. The summed E-state index contributed by atoms with van der Waals surface area (Å²) in [5.41, 5.74) is -0.0929. The van der Waals surface area contributed by atoms with E-state index < -0.39 is 10.0 Å². The highest BCUT2D eigenvalue weighted by Gasteiger charge is 2.32. The van der Waals surface area contributed by atoms with Crippen LogP contribution in [0.5, 0.6) is 0 Å². The Morgan fingerprint density at radius 1 is 1.30 bits per heavy atom. The number of primary sulfonamides is 1. The molecule has 0 aliphatic carbocycles. The summed E-state index contributed by atoms with van der Waals surface area (Å²) in [6.07, 6.45) is 2.07. The van der Waals surface area contributed by atoms with Crippen LogP contribution in [0.4, 0.5) is 4.79 Å². The van der Waals surface area contributed by atoms with Gasteiger partial charge in [-0.3, -0.25) is 4.90 Å². The van der Waals surface area contributed by atoms with Crippen molar-refractivity contribution in [2.75, 3.05) is 45.0 Å². The molecule has 0 bridgehead atoms. The fourth-order valence-corrected chi connectivity index (χ4v) is 3.48. The zero-order chi connectivity index (χ0) is 17.1. The molecule has 3 N–H and O–H groups in total. The molecule has 0 saturated carbocycles. The van der Waals surface area contributed by atoms with Crippen molar-refractivity contribution in [3.63, 3.8) is 0 Å². The van der Waals surface area contributed by atoms with Crippen molar-refractivity contribution in [1.29, 1.82) is 0 Å². The normalized spacial score (nSPS) is 25.5. The van der Waals surface area contributed by atoms with Crippen molar-refractivity contribution < 1.29 is 17.9 Å². The molecule has 2 heterocycles. The number of hydrogen-bond acceptors (Lipinski definition) is 5. The minimum Gasteiger partial charge on any atom is -0.371 e. The molecule has 134 valence electrons. The quantitative estimate of drug-likeness (QED) is 0.701. The molecule has 0 aromatic carbocycles. The van der Waals surface area contributed by atoms with E-state index in [2.05, 4.69) is 19.2 Å². The summed E-state index contributed by atoms with van der Waals surface area (Å²) >= 11 is 0. The van der Waals surface area contributed by atoms with Crippen LogP contribution in [0.25, 0.3) is 0 Å². The van der Waals surface area contributed by atoms with Crippen molar-refractivity contribution in [3.8, 4) is 0 Å². The lowest BCUT2D eigenvalue weighted by atomic mass is 10.1. The van der Waals surface area contributed by atoms with Crippen LogP contribution in [0, 0.1) is 0 Å². The number of piperazine rings is 1. The molecule has 0 radical (unpaired) electrons. The number of rotatable bonds is 5. The highest BCUT2D eigenvalue weighted by atomic mass is 32.2. The van der Waals surface area contributed by atoms with E-state index in [0.717, 1.165) is 12.8 Å². The highest BCUT2D eigenvalue weighted by Crippen LogP contribution is 2.28. The van der Waals surface area contributed by atoms with Gasteiger partial charge in [0.05, 0.1) is 17.5 Å². The van der Waals surface area contributed by atoms with E-state index >= 15 is 0 Å². The van der Waals surface area contributed by atoms with Crippen LogP contribution < -0.4 is 10.5 Å². The fourth-order valence-electron chi connectivity index (χ4n) is 2.97. The molecular weight excluding hydrogens is 320 g/mol. The third-order valence-corrected chi connectivity index (χ3v) is 5.14. The van der Waals surface area contributed by atoms with Crippen molar-refractivity contribution in [2.45, 2.75) is 38.4 Å². The second-order valence-electron chi connectivity index (χ2n) is 6.92. The van der Waals surface area contributed by atoms with Gasteiger partial charge in [0.2, 0.25) is 10.0 Å². The van der Waals surface area contributed by atoms with E-state index in [-0.39, 0.29) is 23.5 Å². The minimum atomic E-state index is -3.43. The average Bonchev–Trinajstić information content (AvgIpc) is 2.82. The van der Waals surface area contributed by atoms with Gasteiger partial charge in [-0.2, -0.15) is 0 Å². The van der Waals surface area contributed by atoms with Gasteiger partial charge in [0.15, 0.2) is 0 Å². The van der Waals surface area contributed by atoms with Gasteiger partial charge >= 0.3 is 6.03 Å². The Morgan fingerprint density at radius 3 is 2.48 bits per heavy atom. The second-order valence-corrected chi connectivity index (χ2v) is 8.65. The fraction of sp³-hybridized carbons (Fsp3) is 0.929. The molecule has 2 fully saturated rings. The van der Waals surface area contributed by atoms with E-state index in [1.807, 2.05) is 4.90 Å². The molecule has 2 saturated heterocycles. The summed E-state index contributed by atoms with van der Waals surface area (Å²) in [5.74, 6) is -0.0476. The summed E-state index contributed by atoms with van der Waals surface area (Å²) in [6.45, 7) is 7.59. The van der Waals surface area contributed by atoms with E-state index in [1.165, 1.54) is 0 Å². The largest absolute Gasteiger partial charge is 0.371 e. The number of ether oxygens (including phenoxy) is 1. The van der Waals surface area contributed by atoms with Gasteiger partial charge < -0.3 is 15.0 Å². The van der Waals surface area contributed by atoms with Gasteiger partial charge in [0, 0.05) is 39.3 Å². The van der Waals surface area contributed by atoms with Gasteiger partial charge in [-0.15, -0.1) is 0 Å². The summed E-state index contributed by atoms with van der Waals surface area (Å²) in [4.78, 5) is 15.9. The maximum absolute atomic E-state index is 12.2. The van der Waals surface area contributed by atoms with E-state index in [9.17, 15) is 13.2 Å². The number of carbonyl (C=O) groups is 1. The topological polar surface area (TPSA) is 105 Å². The summed E-state index contributed by atoms with van der Waals surface area (Å²) in [7, 11) is -3.43. The van der Waals surface area contributed by atoms with Gasteiger partial charge in [0.1, 0.15) is 0 Å². The predicted molar refractivity (Wildman–Crippen MR) is 87.6 cm³/mol. The monoisotopic (exact) mass is 348 g/mol. The molecule has 2 amide bonds. The lowest BCUT2D eigenvalue weighted by molar-refractivity contribution is -0.0137. The number of carbonyl (C=O) groups excluding carboxylic acids is 1. The first-order valence-electron chi connectivity index (χ1n) is 8.08. The molecule has 0 spiro atoms. The van der Waals surface area contributed by atoms with Gasteiger partial charge in [-0.25, -0.2) is 18.4 Å². The molecular formula is C14H28N4O4S.